The van der Waals surface area contributed by atoms with Crippen LogP contribution in [0.25, 0.3) is 0 Å². The number of carbonyl (C=O) groups is 3. The van der Waals surface area contributed by atoms with Gasteiger partial charge in [-0.2, -0.15) is 0 Å². The lowest BCUT2D eigenvalue weighted by Gasteiger charge is -2.39. The van der Waals surface area contributed by atoms with Crippen LogP contribution in [0.1, 0.15) is 129 Å². The quantitative estimate of drug-likeness (QED) is 0.0618. The summed E-state index contributed by atoms with van der Waals surface area (Å²) in [4.78, 5) is 32.9. The Morgan fingerprint density at radius 2 is 0.833 bits per heavy atom. The van der Waals surface area contributed by atoms with Crippen molar-refractivity contribution in [2.24, 2.45) is 0 Å². The van der Waals surface area contributed by atoms with Crippen molar-refractivity contribution < 1.29 is 34.2 Å². The van der Waals surface area contributed by atoms with Gasteiger partial charge in [0, 0.05) is 19.3 Å². The molecule has 210 valence electrons. The molecule has 0 bridgehead atoms. The highest BCUT2D eigenvalue weighted by Gasteiger charge is 2.26. The molecular formula is C29H54NO6+. The molecule has 0 rings (SSSR count). The van der Waals surface area contributed by atoms with Crippen LogP contribution in [0.2, 0.25) is 0 Å². The molecule has 0 aliphatic rings. The summed E-state index contributed by atoms with van der Waals surface area (Å²) in [5, 5.41) is 27.0. The van der Waals surface area contributed by atoms with Crippen molar-refractivity contribution in [3.8, 4) is 0 Å². The fraction of sp³-hybridized carbons (Fsp3) is 0.828. The van der Waals surface area contributed by atoms with Crippen LogP contribution in [0.4, 0.5) is 0 Å². The molecule has 36 heavy (non-hydrogen) atoms. The molecule has 0 saturated heterocycles. The number of carboxylic acids is 3. The molecule has 0 aliphatic carbocycles. The van der Waals surface area contributed by atoms with E-state index in [9.17, 15) is 14.4 Å². The van der Waals surface area contributed by atoms with E-state index >= 15 is 0 Å². The van der Waals surface area contributed by atoms with Gasteiger partial charge >= 0.3 is 17.9 Å². The first kappa shape index (κ1) is 34.1. The Balaban J connectivity index is 4.67. The lowest BCUT2D eigenvalue weighted by molar-refractivity contribution is -0.929. The fourth-order valence-corrected chi connectivity index (χ4v) is 4.82. The van der Waals surface area contributed by atoms with E-state index in [1.807, 2.05) is 0 Å². The highest BCUT2D eigenvalue weighted by molar-refractivity contribution is 5.67. The maximum Gasteiger partial charge on any atom is 0.303 e. The molecule has 0 aromatic rings. The molecule has 0 radical (unpaired) electrons. The number of nitrogens with zero attached hydrogens (tertiary/aromatic N) is 1. The van der Waals surface area contributed by atoms with Crippen molar-refractivity contribution in [3.63, 3.8) is 0 Å². The summed E-state index contributed by atoms with van der Waals surface area (Å²) in [6.45, 7) is 5.88. The maximum absolute atomic E-state index is 11.0. The standard InChI is InChI=1S/C29H53NO6/c1-2-3-4-5-6-7-8-9-10-11-12-16-23-30(24-17-13-20-27(31)32,25-18-14-21-28(33)34)26-19-15-22-29(35)36/h5-6H,2-4,7-26H2,1H3,(H2-,31,32,33,34,35,36)/p+1/b6-5+. The van der Waals surface area contributed by atoms with Gasteiger partial charge in [-0.05, 0) is 70.6 Å². The molecule has 0 atom stereocenters. The summed E-state index contributed by atoms with van der Waals surface area (Å²) in [5.74, 6) is -2.31. The van der Waals surface area contributed by atoms with Crippen molar-refractivity contribution in [2.75, 3.05) is 26.2 Å². The van der Waals surface area contributed by atoms with Gasteiger partial charge in [-0.25, -0.2) is 0 Å². The van der Waals surface area contributed by atoms with Gasteiger partial charge in [-0.1, -0.05) is 51.2 Å². The van der Waals surface area contributed by atoms with Gasteiger partial charge in [0.2, 0.25) is 0 Å². The molecule has 0 aliphatic heterocycles. The Hall–Kier alpha value is -1.89. The molecule has 0 heterocycles. The normalized spacial score (nSPS) is 11.8. The second kappa shape index (κ2) is 23.5. The number of unbranched alkanes of at least 4 members (excludes halogenated alkanes) is 11. The van der Waals surface area contributed by atoms with Gasteiger partial charge in [-0.3, -0.25) is 14.4 Å². The molecule has 0 aromatic heterocycles. The number of quaternary nitrogens is 1. The Labute approximate surface area is 219 Å². The topological polar surface area (TPSA) is 112 Å². The van der Waals surface area contributed by atoms with E-state index in [1.54, 1.807) is 0 Å². The number of allylic oxidation sites excluding steroid dienone is 2. The summed E-state index contributed by atoms with van der Waals surface area (Å²) in [5.41, 5.74) is 0. The minimum atomic E-state index is -0.771. The van der Waals surface area contributed by atoms with Gasteiger partial charge in [0.05, 0.1) is 26.2 Å². The average Bonchev–Trinajstić information content (AvgIpc) is 2.82. The highest BCUT2D eigenvalue weighted by Crippen LogP contribution is 2.19. The summed E-state index contributed by atoms with van der Waals surface area (Å²) in [6.07, 6.45) is 21.7. The summed E-state index contributed by atoms with van der Waals surface area (Å²) >= 11 is 0. The third-order valence-electron chi connectivity index (χ3n) is 6.96. The summed E-state index contributed by atoms with van der Waals surface area (Å²) in [6, 6.07) is 0. The van der Waals surface area contributed by atoms with E-state index in [4.69, 9.17) is 15.3 Å². The first-order chi connectivity index (χ1) is 17.3. The minimum absolute atomic E-state index is 0.172. The molecule has 0 amide bonds. The van der Waals surface area contributed by atoms with Crippen LogP contribution in [-0.4, -0.2) is 63.9 Å². The van der Waals surface area contributed by atoms with Gasteiger partial charge in [0.1, 0.15) is 0 Å². The Morgan fingerprint density at radius 3 is 1.22 bits per heavy atom. The zero-order valence-corrected chi connectivity index (χ0v) is 22.9. The minimum Gasteiger partial charge on any atom is -0.481 e. The Morgan fingerprint density at radius 1 is 0.500 bits per heavy atom. The predicted molar refractivity (Wildman–Crippen MR) is 145 cm³/mol. The molecule has 7 nitrogen and oxygen atoms in total. The van der Waals surface area contributed by atoms with Crippen LogP contribution in [0.15, 0.2) is 12.2 Å². The van der Waals surface area contributed by atoms with Crippen LogP contribution in [0.5, 0.6) is 0 Å². The lowest BCUT2D eigenvalue weighted by atomic mass is 10.1. The van der Waals surface area contributed by atoms with Crippen molar-refractivity contribution in [2.45, 2.75) is 129 Å². The molecule has 0 fully saturated rings. The van der Waals surface area contributed by atoms with E-state index in [0.29, 0.717) is 19.3 Å². The van der Waals surface area contributed by atoms with E-state index in [0.717, 1.165) is 56.3 Å². The molecule has 0 spiro atoms. The fourth-order valence-electron chi connectivity index (χ4n) is 4.82. The van der Waals surface area contributed by atoms with Gasteiger partial charge in [0.15, 0.2) is 0 Å². The molecule has 0 saturated carbocycles. The second-order valence-corrected chi connectivity index (χ2v) is 10.3. The Kier molecular flexibility index (Phi) is 22.3. The largest absolute Gasteiger partial charge is 0.481 e. The maximum atomic E-state index is 11.0. The number of hydrogen-bond acceptors (Lipinski definition) is 3. The first-order valence-electron chi connectivity index (χ1n) is 14.5. The number of rotatable bonds is 27. The molecule has 0 aromatic carbocycles. The monoisotopic (exact) mass is 512 g/mol. The SMILES string of the molecule is CCCC/C=C/CCCCCCCC[N+](CCCCC(=O)O)(CCCCC(=O)O)CCCCC(=O)O. The summed E-state index contributed by atoms with van der Waals surface area (Å²) < 4.78 is 0.863. The third kappa shape index (κ3) is 22.6. The zero-order chi connectivity index (χ0) is 26.9. The second-order valence-electron chi connectivity index (χ2n) is 10.3. The highest BCUT2D eigenvalue weighted by atomic mass is 16.4. The third-order valence-corrected chi connectivity index (χ3v) is 6.96. The van der Waals surface area contributed by atoms with Gasteiger partial charge < -0.3 is 19.8 Å². The zero-order valence-electron chi connectivity index (χ0n) is 22.9. The van der Waals surface area contributed by atoms with E-state index in [1.165, 1.54) is 57.8 Å². The number of hydrogen-bond donors (Lipinski definition) is 3. The van der Waals surface area contributed by atoms with Crippen molar-refractivity contribution in [1.29, 1.82) is 0 Å². The Bertz CT molecular complexity index is 550. The molecule has 0 unspecified atom stereocenters. The van der Waals surface area contributed by atoms with Crippen molar-refractivity contribution in [1.82, 2.24) is 0 Å². The molecule has 3 N–H and O–H groups in total. The van der Waals surface area contributed by atoms with E-state index in [-0.39, 0.29) is 19.3 Å². The van der Waals surface area contributed by atoms with Gasteiger partial charge in [-0.15, -0.1) is 0 Å². The smallest absolute Gasteiger partial charge is 0.303 e. The van der Waals surface area contributed by atoms with Crippen molar-refractivity contribution >= 4 is 17.9 Å². The number of carboxylic acid groups (broad SMARTS) is 3. The first-order valence-corrected chi connectivity index (χ1v) is 14.5. The average molecular weight is 513 g/mol. The van der Waals surface area contributed by atoms with Crippen LogP contribution in [0.3, 0.4) is 0 Å². The van der Waals surface area contributed by atoms with Gasteiger partial charge in [0.25, 0.3) is 0 Å². The number of aliphatic carboxylic acids is 3. The lowest BCUT2D eigenvalue weighted by Crippen LogP contribution is -2.51. The van der Waals surface area contributed by atoms with Crippen LogP contribution in [-0.2, 0) is 14.4 Å². The van der Waals surface area contributed by atoms with Crippen LogP contribution >= 0.6 is 0 Å². The van der Waals surface area contributed by atoms with E-state index < -0.39 is 17.9 Å². The van der Waals surface area contributed by atoms with Crippen LogP contribution in [0, 0.1) is 0 Å². The van der Waals surface area contributed by atoms with Crippen molar-refractivity contribution in [3.05, 3.63) is 12.2 Å². The molecular weight excluding hydrogens is 458 g/mol. The molecule has 7 heteroatoms. The predicted octanol–water partition coefficient (Wildman–Crippen LogP) is 7.05. The van der Waals surface area contributed by atoms with Crippen LogP contribution < -0.4 is 0 Å². The summed E-state index contributed by atoms with van der Waals surface area (Å²) in [7, 11) is 0. The van der Waals surface area contributed by atoms with E-state index in [2.05, 4.69) is 19.1 Å².